The number of hydrogen-bond donors (Lipinski definition) is 1. The highest BCUT2D eigenvalue weighted by Gasteiger charge is 2.10. The summed E-state index contributed by atoms with van der Waals surface area (Å²) >= 11 is 10.1. The summed E-state index contributed by atoms with van der Waals surface area (Å²) < 4.78 is 14.2. The van der Waals surface area contributed by atoms with Crippen LogP contribution in [0.4, 0.5) is 10.1 Å². The Bertz CT molecular complexity index is 605. The Morgan fingerprint density at radius 3 is 2.95 bits per heavy atom. The van der Waals surface area contributed by atoms with Crippen LogP contribution in [0.1, 0.15) is 10.7 Å². The first kappa shape index (κ1) is 14.4. The summed E-state index contributed by atoms with van der Waals surface area (Å²) in [4.78, 5) is 15.9. The lowest BCUT2D eigenvalue weighted by Gasteiger charge is -2.05. The lowest BCUT2D eigenvalue weighted by atomic mass is 10.3. The second kappa shape index (κ2) is 6.45. The summed E-state index contributed by atoms with van der Waals surface area (Å²) in [6.07, 6.45) is 0.108. The number of carbonyl (C=O) groups excluding carboxylic acids is 1. The van der Waals surface area contributed by atoms with Gasteiger partial charge < -0.3 is 5.32 Å². The number of amides is 1. The van der Waals surface area contributed by atoms with Crippen LogP contribution in [0.15, 0.2) is 28.1 Å². The molecule has 100 valence electrons. The van der Waals surface area contributed by atoms with Crippen molar-refractivity contribution < 1.29 is 9.18 Å². The fraction of sp³-hybridized carbons (Fsp3) is 0.167. The van der Waals surface area contributed by atoms with Gasteiger partial charge in [-0.1, -0.05) is 15.9 Å². The minimum atomic E-state index is -0.483. The molecule has 0 unspecified atom stereocenters. The summed E-state index contributed by atoms with van der Waals surface area (Å²) in [7, 11) is 0. The summed E-state index contributed by atoms with van der Waals surface area (Å²) in [6, 6.07) is 4.46. The van der Waals surface area contributed by atoms with Gasteiger partial charge in [-0.2, -0.15) is 0 Å². The molecule has 1 amide bonds. The van der Waals surface area contributed by atoms with E-state index >= 15 is 0 Å². The highest BCUT2D eigenvalue weighted by molar-refractivity contribution is 9.10. The quantitative estimate of drug-likeness (QED) is 0.835. The third kappa shape index (κ3) is 3.99. The number of aromatic nitrogens is 1. The number of hydrogen-bond acceptors (Lipinski definition) is 3. The Kier molecular flexibility index (Phi) is 4.90. The van der Waals surface area contributed by atoms with Crippen molar-refractivity contribution in [2.24, 2.45) is 0 Å². The number of halogens is 3. The molecule has 3 nitrogen and oxygen atoms in total. The zero-order chi connectivity index (χ0) is 13.8. The van der Waals surface area contributed by atoms with Gasteiger partial charge >= 0.3 is 0 Å². The number of nitrogens with one attached hydrogen (secondary N) is 1. The average Bonchev–Trinajstić information content (AvgIpc) is 2.80. The van der Waals surface area contributed by atoms with Gasteiger partial charge in [0.25, 0.3) is 0 Å². The van der Waals surface area contributed by atoms with Crippen molar-refractivity contribution in [3.63, 3.8) is 0 Å². The first-order valence-electron chi connectivity index (χ1n) is 5.32. The lowest BCUT2D eigenvalue weighted by Crippen LogP contribution is -2.15. The Morgan fingerprint density at radius 1 is 1.53 bits per heavy atom. The molecule has 0 fully saturated rings. The molecule has 19 heavy (non-hydrogen) atoms. The number of benzene rings is 1. The van der Waals surface area contributed by atoms with Gasteiger partial charge in [0, 0.05) is 9.85 Å². The molecule has 2 aromatic rings. The van der Waals surface area contributed by atoms with Crippen LogP contribution in [-0.2, 0) is 17.1 Å². The molecular weight excluding hydrogens is 355 g/mol. The maximum Gasteiger partial charge on any atom is 0.231 e. The van der Waals surface area contributed by atoms with E-state index in [-0.39, 0.29) is 18.0 Å². The highest BCUT2D eigenvalue weighted by atomic mass is 79.9. The molecular formula is C12H9BrClFN2OS. The maximum absolute atomic E-state index is 13.5. The fourth-order valence-electron chi connectivity index (χ4n) is 1.41. The van der Waals surface area contributed by atoms with Gasteiger partial charge in [0.15, 0.2) is 0 Å². The summed E-state index contributed by atoms with van der Waals surface area (Å²) in [5, 5.41) is 4.97. The molecule has 1 aromatic heterocycles. The molecule has 0 saturated heterocycles. The largest absolute Gasteiger partial charge is 0.323 e. The molecule has 0 aliphatic carbocycles. The van der Waals surface area contributed by atoms with E-state index in [0.717, 1.165) is 5.69 Å². The molecule has 0 saturated carbocycles. The van der Waals surface area contributed by atoms with Crippen LogP contribution in [0.3, 0.4) is 0 Å². The topological polar surface area (TPSA) is 42.0 Å². The summed E-state index contributed by atoms with van der Waals surface area (Å²) in [6.45, 7) is 0. The number of anilines is 1. The molecule has 2 rings (SSSR count). The van der Waals surface area contributed by atoms with E-state index in [2.05, 4.69) is 26.2 Å². The van der Waals surface area contributed by atoms with Crippen molar-refractivity contribution in [1.82, 2.24) is 4.98 Å². The second-order valence-corrected chi connectivity index (χ2v) is 5.84. The summed E-state index contributed by atoms with van der Waals surface area (Å²) in [5.41, 5.74) is 0.895. The molecule has 0 aliphatic rings. The van der Waals surface area contributed by atoms with Crippen molar-refractivity contribution in [2.75, 3.05) is 5.32 Å². The van der Waals surface area contributed by atoms with Crippen LogP contribution in [0.2, 0.25) is 0 Å². The van der Waals surface area contributed by atoms with E-state index in [9.17, 15) is 9.18 Å². The standard InChI is InChI=1S/C12H9BrClFN2OS/c13-7-1-2-10(9(15)3-7)17-11(18)4-12-16-8(5-14)6-19-12/h1-3,6H,4-5H2,(H,17,18). The van der Waals surface area contributed by atoms with Crippen LogP contribution in [-0.4, -0.2) is 10.9 Å². The van der Waals surface area contributed by atoms with Crippen LogP contribution in [0, 0.1) is 5.82 Å². The number of carbonyl (C=O) groups is 1. The third-order valence-electron chi connectivity index (χ3n) is 2.25. The first-order valence-corrected chi connectivity index (χ1v) is 7.53. The van der Waals surface area contributed by atoms with Crippen molar-refractivity contribution in [1.29, 1.82) is 0 Å². The Labute approximate surface area is 126 Å². The van der Waals surface area contributed by atoms with Gasteiger partial charge in [-0.05, 0) is 18.2 Å². The molecule has 0 spiro atoms. The minimum Gasteiger partial charge on any atom is -0.323 e. The van der Waals surface area contributed by atoms with E-state index in [1.807, 2.05) is 0 Å². The third-order valence-corrected chi connectivity index (χ3v) is 3.92. The minimum absolute atomic E-state index is 0.108. The Morgan fingerprint density at radius 2 is 2.32 bits per heavy atom. The van der Waals surface area contributed by atoms with Gasteiger partial charge in [-0.3, -0.25) is 4.79 Å². The average molecular weight is 364 g/mol. The molecule has 0 bridgehead atoms. The lowest BCUT2D eigenvalue weighted by molar-refractivity contribution is -0.115. The van der Waals surface area contributed by atoms with E-state index < -0.39 is 5.82 Å². The zero-order valence-electron chi connectivity index (χ0n) is 9.62. The summed E-state index contributed by atoms with van der Waals surface area (Å²) in [5.74, 6) is -0.473. The number of thiazole rings is 1. The molecule has 1 aromatic carbocycles. The smallest absolute Gasteiger partial charge is 0.231 e. The van der Waals surface area contributed by atoms with E-state index in [1.165, 1.54) is 23.5 Å². The molecule has 0 radical (unpaired) electrons. The Hall–Kier alpha value is -0.980. The molecule has 1 heterocycles. The highest BCUT2D eigenvalue weighted by Crippen LogP contribution is 2.20. The van der Waals surface area contributed by atoms with Gasteiger partial charge in [-0.25, -0.2) is 9.37 Å². The van der Waals surface area contributed by atoms with E-state index in [4.69, 9.17) is 11.6 Å². The molecule has 1 N–H and O–H groups in total. The van der Waals surface area contributed by atoms with Crippen molar-refractivity contribution in [2.45, 2.75) is 12.3 Å². The Balaban J connectivity index is 2.01. The van der Waals surface area contributed by atoms with Crippen LogP contribution in [0.25, 0.3) is 0 Å². The SMILES string of the molecule is O=C(Cc1nc(CCl)cs1)Nc1ccc(Br)cc1F. The molecule has 0 aliphatic heterocycles. The first-order chi connectivity index (χ1) is 9.08. The molecule has 0 atom stereocenters. The second-order valence-electron chi connectivity index (χ2n) is 3.72. The predicted molar refractivity (Wildman–Crippen MR) is 78.1 cm³/mol. The van der Waals surface area contributed by atoms with Gasteiger partial charge in [-0.15, -0.1) is 22.9 Å². The van der Waals surface area contributed by atoms with Crippen LogP contribution < -0.4 is 5.32 Å². The van der Waals surface area contributed by atoms with Crippen molar-refractivity contribution >= 4 is 50.5 Å². The van der Waals surface area contributed by atoms with E-state index in [1.54, 1.807) is 11.4 Å². The van der Waals surface area contributed by atoms with Crippen molar-refractivity contribution in [3.05, 3.63) is 44.6 Å². The molecule has 7 heteroatoms. The zero-order valence-corrected chi connectivity index (χ0v) is 12.8. The predicted octanol–water partition coefficient (Wildman–Crippen LogP) is 3.96. The van der Waals surface area contributed by atoms with Gasteiger partial charge in [0.2, 0.25) is 5.91 Å². The maximum atomic E-state index is 13.5. The fourth-order valence-corrected chi connectivity index (χ4v) is 2.77. The van der Waals surface area contributed by atoms with Gasteiger partial charge in [0.1, 0.15) is 10.8 Å². The van der Waals surface area contributed by atoms with Crippen LogP contribution >= 0.6 is 38.9 Å². The van der Waals surface area contributed by atoms with E-state index in [0.29, 0.717) is 15.4 Å². The number of rotatable bonds is 4. The van der Waals surface area contributed by atoms with Crippen molar-refractivity contribution in [3.8, 4) is 0 Å². The normalized spacial score (nSPS) is 10.5. The van der Waals surface area contributed by atoms with Crippen LogP contribution in [0.5, 0.6) is 0 Å². The number of alkyl halides is 1. The number of nitrogens with zero attached hydrogens (tertiary/aromatic N) is 1. The monoisotopic (exact) mass is 362 g/mol. The van der Waals surface area contributed by atoms with Gasteiger partial charge in [0.05, 0.1) is 23.7 Å².